The lowest BCUT2D eigenvalue weighted by atomic mass is 10.2. The SMILES string of the molecule is CC1(O)CSc2n1c1cc([N+](=O)[O-])ccc1[n+]2CCO. The van der Waals surface area contributed by atoms with E-state index in [4.69, 9.17) is 0 Å². The molecule has 1 aliphatic rings. The fourth-order valence-corrected chi connectivity index (χ4v) is 3.85. The molecule has 2 aromatic rings. The van der Waals surface area contributed by atoms with Gasteiger partial charge in [-0.05, 0) is 17.8 Å². The van der Waals surface area contributed by atoms with Gasteiger partial charge in [0.2, 0.25) is 5.72 Å². The number of hydrogen-bond donors (Lipinski definition) is 2. The van der Waals surface area contributed by atoms with Gasteiger partial charge in [-0.1, -0.05) is 0 Å². The van der Waals surface area contributed by atoms with Crippen LogP contribution in [0.1, 0.15) is 6.92 Å². The van der Waals surface area contributed by atoms with Crippen molar-refractivity contribution in [3.05, 3.63) is 28.3 Å². The van der Waals surface area contributed by atoms with Crippen molar-refractivity contribution < 1.29 is 19.7 Å². The number of aromatic nitrogens is 2. The first-order valence-electron chi connectivity index (χ1n) is 6.15. The molecule has 2 heterocycles. The maximum atomic E-state index is 10.9. The van der Waals surface area contributed by atoms with Gasteiger partial charge in [-0.25, -0.2) is 4.57 Å². The van der Waals surface area contributed by atoms with Crippen LogP contribution in [0.3, 0.4) is 0 Å². The summed E-state index contributed by atoms with van der Waals surface area (Å²) in [6.07, 6.45) is 0. The van der Waals surface area contributed by atoms with Crippen molar-refractivity contribution in [2.24, 2.45) is 0 Å². The molecule has 106 valence electrons. The molecule has 0 spiro atoms. The van der Waals surface area contributed by atoms with Gasteiger partial charge in [0.05, 0.1) is 23.3 Å². The smallest absolute Gasteiger partial charge is 0.321 e. The highest BCUT2D eigenvalue weighted by molar-refractivity contribution is 7.99. The van der Waals surface area contributed by atoms with Gasteiger partial charge in [-0.2, -0.15) is 4.57 Å². The highest BCUT2D eigenvalue weighted by Crippen LogP contribution is 2.38. The van der Waals surface area contributed by atoms with E-state index in [0.717, 1.165) is 10.7 Å². The van der Waals surface area contributed by atoms with Crippen LogP contribution in [0.5, 0.6) is 0 Å². The van der Waals surface area contributed by atoms with Gasteiger partial charge in [-0.15, -0.1) is 0 Å². The van der Waals surface area contributed by atoms with E-state index < -0.39 is 10.6 Å². The molecule has 8 heteroatoms. The Balaban J connectivity index is 2.34. The number of hydrogen-bond acceptors (Lipinski definition) is 5. The minimum absolute atomic E-state index is 0.0124. The van der Waals surface area contributed by atoms with Crippen LogP contribution in [-0.4, -0.2) is 32.1 Å². The molecule has 1 aromatic carbocycles. The predicted molar refractivity (Wildman–Crippen MR) is 72.5 cm³/mol. The molecule has 20 heavy (non-hydrogen) atoms. The van der Waals surface area contributed by atoms with Gasteiger partial charge in [0.1, 0.15) is 6.54 Å². The fourth-order valence-electron chi connectivity index (χ4n) is 2.55. The van der Waals surface area contributed by atoms with Crippen molar-refractivity contribution in [1.82, 2.24) is 4.57 Å². The number of aliphatic hydroxyl groups is 2. The first-order valence-corrected chi connectivity index (χ1v) is 7.13. The average molecular weight is 296 g/mol. The zero-order valence-corrected chi connectivity index (χ0v) is 11.6. The number of rotatable bonds is 3. The van der Waals surface area contributed by atoms with E-state index in [9.17, 15) is 20.3 Å². The van der Waals surface area contributed by atoms with E-state index in [1.54, 1.807) is 17.6 Å². The molecule has 1 aliphatic heterocycles. The monoisotopic (exact) mass is 296 g/mol. The van der Waals surface area contributed by atoms with Crippen LogP contribution in [0.25, 0.3) is 11.0 Å². The molecule has 3 rings (SSSR count). The van der Waals surface area contributed by atoms with E-state index in [1.165, 1.54) is 23.9 Å². The Kier molecular flexibility index (Phi) is 2.96. The molecular formula is C12H14N3O4S+. The largest absolute Gasteiger partial charge is 0.392 e. The summed E-state index contributed by atoms with van der Waals surface area (Å²) in [5, 5.41) is 31.4. The number of benzene rings is 1. The Bertz CT molecular complexity index is 710. The minimum atomic E-state index is -1.09. The third-order valence-corrected chi connectivity index (χ3v) is 4.76. The lowest BCUT2D eigenvalue weighted by molar-refractivity contribution is -0.711. The fraction of sp³-hybridized carbons (Fsp3) is 0.417. The zero-order chi connectivity index (χ0) is 14.5. The highest BCUT2D eigenvalue weighted by Gasteiger charge is 2.44. The molecule has 0 bridgehead atoms. The van der Waals surface area contributed by atoms with Crippen molar-refractivity contribution in [2.75, 3.05) is 12.4 Å². The van der Waals surface area contributed by atoms with Crippen LogP contribution in [0.15, 0.2) is 23.4 Å². The van der Waals surface area contributed by atoms with Crippen LogP contribution >= 0.6 is 11.8 Å². The molecule has 0 saturated carbocycles. The highest BCUT2D eigenvalue weighted by atomic mass is 32.2. The number of thioether (sulfide) groups is 1. The Labute approximate surface area is 118 Å². The first kappa shape index (κ1) is 13.3. The lowest BCUT2D eigenvalue weighted by Gasteiger charge is -2.12. The maximum absolute atomic E-state index is 10.9. The summed E-state index contributed by atoms with van der Waals surface area (Å²) in [7, 11) is 0. The number of nitro groups is 1. The third-order valence-electron chi connectivity index (χ3n) is 3.40. The van der Waals surface area contributed by atoms with Gasteiger partial charge < -0.3 is 10.2 Å². The molecule has 1 aromatic heterocycles. The molecule has 0 amide bonds. The van der Waals surface area contributed by atoms with Crippen molar-refractivity contribution in [3.8, 4) is 0 Å². The molecule has 0 radical (unpaired) electrons. The molecule has 2 N–H and O–H groups in total. The molecule has 0 fully saturated rings. The maximum Gasteiger partial charge on any atom is 0.321 e. The van der Waals surface area contributed by atoms with Gasteiger partial charge >= 0.3 is 5.16 Å². The minimum Gasteiger partial charge on any atom is -0.392 e. The summed E-state index contributed by atoms with van der Waals surface area (Å²) in [5.41, 5.74) is 0.278. The van der Waals surface area contributed by atoms with Crippen molar-refractivity contribution in [2.45, 2.75) is 24.3 Å². The summed E-state index contributed by atoms with van der Waals surface area (Å²) in [4.78, 5) is 10.5. The number of aliphatic hydroxyl groups excluding tert-OH is 1. The average Bonchev–Trinajstić information content (AvgIpc) is 2.87. The van der Waals surface area contributed by atoms with E-state index in [1.807, 2.05) is 4.57 Å². The van der Waals surface area contributed by atoms with E-state index in [2.05, 4.69) is 0 Å². The Morgan fingerprint density at radius 3 is 3.00 bits per heavy atom. The summed E-state index contributed by atoms with van der Waals surface area (Å²) < 4.78 is 3.58. The normalized spacial score (nSPS) is 21.4. The molecule has 1 atom stereocenters. The third kappa shape index (κ3) is 1.80. The zero-order valence-electron chi connectivity index (χ0n) is 10.8. The Hall–Kier alpha value is -1.64. The van der Waals surface area contributed by atoms with Gasteiger partial charge in [-0.3, -0.25) is 10.1 Å². The van der Waals surface area contributed by atoms with Crippen LogP contribution in [0.4, 0.5) is 5.69 Å². The second-order valence-electron chi connectivity index (χ2n) is 4.93. The Morgan fingerprint density at radius 1 is 1.60 bits per heavy atom. The van der Waals surface area contributed by atoms with Crippen LogP contribution in [-0.2, 0) is 12.3 Å². The quantitative estimate of drug-likeness (QED) is 0.491. The van der Waals surface area contributed by atoms with Crippen molar-refractivity contribution in [1.29, 1.82) is 0 Å². The van der Waals surface area contributed by atoms with Crippen LogP contribution in [0, 0.1) is 10.1 Å². The number of nitro benzene ring substituents is 1. The van der Waals surface area contributed by atoms with Gasteiger partial charge in [0.25, 0.3) is 5.69 Å². The molecule has 0 saturated heterocycles. The number of non-ortho nitro benzene ring substituents is 1. The first-order chi connectivity index (χ1) is 9.45. The van der Waals surface area contributed by atoms with Crippen LogP contribution in [0.2, 0.25) is 0 Å². The van der Waals surface area contributed by atoms with Gasteiger partial charge in [0.15, 0.2) is 11.0 Å². The van der Waals surface area contributed by atoms with E-state index >= 15 is 0 Å². The number of fused-ring (bicyclic) bond motifs is 3. The summed E-state index contributed by atoms with van der Waals surface area (Å²) in [6.45, 7) is 2.04. The topological polar surface area (TPSA) is 92.4 Å². The lowest BCUT2D eigenvalue weighted by Crippen LogP contribution is -2.37. The standard InChI is InChI=1S/C12H14N3O4S/c1-12(17)7-20-11-13(4-5-16)9-3-2-8(15(18)19)6-10(9)14(11)12/h2-3,6,16-17H,4-5,7H2,1H3/q+1. The van der Waals surface area contributed by atoms with Crippen molar-refractivity contribution >= 4 is 28.5 Å². The Morgan fingerprint density at radius 2 is 2.35 bits per heavy atom. The molecule has 0 aliphatic carbocycles. The summed E-state index contributed by atoms with van der Waals surface area (Å²) in [5.74, 6) is 0.479. The molecule has 7 nitrogen and oxygen atoms in total. The second-order valence-corrected chi connectivity index (χ2v) is 5.87. The number of nitrogens with zero attached hydrogens (tertiary/aromatic N) is 3. The number of imidazole rings is 1. The molecule has 1 unspecified atom stereocenters. The van der Waals surface area contributed by atoms with E-state index in [0.29, 0.717) is 17.8 Å². The second kappa shape index (κ2) is 4.44. The summed E-state index contributed by atoms with van der Waals surface area (Å²) in [6, 6.07) is 4.56. The van der Waals surface area contributed by atoms with Crippen molar-refractivity contribution in [3.63, 3.8) is 0 Å². The molecular weight excluding hydrogens is 282 g/mol. The predicted octanol–water partition coefficient (Wildman–Crippen LogP) is 0.600. The van der Waals surface area contributed by atoms with Gasteiger partial charge in [0, 0.05) is 13.0 Å². The van der Waals surface area contributed by atoms with Crippen LogP contribution < -0.4 is 4.57 Å². The van der Waals surface area contributed by atoms with E-state index in [-0.39, 0.29) is 12.3 Å². The summed E-state index contributed by atoms with van der Waals surface area (Å²) >= 11 is 1.48.